The number of nitrogens with two attached hydrogens (primary N) is 3. The molecule has 15 nitrogen and oxygen atoms in total. The summed E-state index contributed by atoms with van der Waals surface area (Å²) in [7, 11) is 0. The first-order chi connectivity index (χ1) is 15.8. The number of nitrogens with zero attached hydrogens (tertiary/aromatic N) is 1. The van der Waals surface area contributed by atoms with E-state index < -0.39 is 66.9 Å². The van der Waals surface area contributed by atoms with Crippen LogP contribution in [-0.4, -0.2) is 88.3 Å². The quantitative estimate of drug-likeness (QED) is 0.0580. The molecule has 0 aromatic heterocycles. The van der Waals surface area contributed by atoms with E-state index in [1.807, 2.05) is 19.2 Å². The third-order valence-electron chi connectivity index (χ3n) is 4.45. The van der Waals surface area contributed by atoms with Crippen LogP contribution in [0.5, 0.6) is 0 Å². The number of carbonyl (C=O) groups is 5. The van der Waals surface area contributed by atoms with Crippen molar-refractivity contribution in [2.24, 2.45) is 28.1 Å². The van der Waals surface area contributed by atoms with Gasteiger partial charge in [-0.3, -0.25) is 24.2 Å². The van der Waals surface area contributed by atoms with Crippen molar-refractivity contribution in [2.75, 3.05) is 13.2 Å². The van der Waals surface area contributed by atoms with Crippen LogP contribution >= 0.6 is 0 Å². The van der Waals surface area contributed by atoms with Crippen molar-refractivity contribution in [2.45, 2.75) is 63.7 Å². The van der Waals surface area contributed by atoms with Gasteiger partial charge in [0.25, 0.3) is 0 Å². The fourth-order valence-electron chi connectivity index (χ4n) is 2.78. The Labute approximate surface area is 196 Å². The number of rotatable bonds is 16. The van der Waals surface area contributed by atoms with Gasteiger partial charge in [-0.2, -0.15) is 0 Å². The summed E-state index contributed by atoms with van der Waals surface area (Å²) in [6.07, 6.45) is -0.231. The third-order valence-corrected chi connectivity index (χ3v) is 4.45. The van der Waals surface area contributed by atoms with Crippen LogP contribution in [0.25, 0.3) is 0 Å². The normalized spacial score (nSPS) is 14.3. The number of aliphatic carboxylic acids is 2. The Bertz CT molecular complexity index is 755. The van der Waals surface area contributed by atoms with Gasteiger partial charge in [-0.05, 0) is 25.2 Å². The van der Waals surface area contributed by atoms with Gasteiger partial charge >= 0.3 is 11.9 Å². The van der Waals surface area contributed by atoms with Crippen molar-refractivity contribution in [3.63, 3.8) is 0 Å². The Morgan fingerprint density at radius 3 is 1.88 bits per heavy atom. The van der Waals surface area contributed by atoms with E-state index in [1.54, 1.807) is 0 Å². The molecular weight excluding hydrogens is 454 g/mol. The van der Waals surface area contributed by atoms with Crippen LogP contribution < -0.4 is 33.2 Å². The molecule has 0 saturated carbocycles. The Morgan fingerprint density at radius 1 is 0.882 bits per heavy atom. The van der Waals surface area contributed by atoms with Gasteiger partial charge in [-0.1, -0.05) is 13.8 Å². The van der Waals surface area contributed by atoms with Crippen LogP contribution in [0.4, 0.5) is 0 Å². The van der Waals surface area contributed by atoms with E-state index in [0.717, 1.165) is 0 Å². The van der Waals surface area contributed by atoms with Crippen LogP contribution in [0.15, 0.2) is 4.99 Å². The average molecular weight is 490 g/mol. The Hall–Kier alpha value is -3.46. The molecule has 0 aliphatic heterocycles. The molecule has 0 spiro atoms. The Kier molecular flexibility index (Phi) is 13.8. The first kappa shape index (κ1) is 30.5. The van der Waals surface area contributed by atoms with Crippen molar-refractivity contribution < 1.29 is 39.3 Å². The first-order valence-corrected chi connectivity index (χ1v) is 10.6. The number of amides is 3. The standard InChI is InChI=1S/C19H35N7O8/c1-9(2)6-10(20)15(30)24-11(4-3-5-23-19(21)22)16(31)26-13(8-27)17(32)25-12(18(33)34)7-14(28)29/h9-13,27H,3-8,20H2,1-2H3,(H,24,30)(H,25,32)(H,26,31)(H,28,29)(H,33,34)(H4,21,22,23). The number of aliphatic hydroxyl groups excluding tert-OH is 1. The van der Waals surface area contributed by atoms with Crippen molar-refractivity contribution in [3.8, 4) is 0 Å². The molecule has 0 radical (unpaired) electrons. The van der Waals surface area contributed by atoms with Gasteiger partial charge in [0.2, 0.25) is 17.7 Å². The zero-order chi connectivity index (χ0) is 26.4. The summed E-state index contributed by atoms with van der Waals surface area (Å²) < 4.78 is 0. The molecule has 194 valence electrons. The van der Waals surface area contributed by atoms with Crippen molar-refractivity contribution >= 4 is 35.6 Å². The lowest BCUT2D eigenvalue weighted by Crippen LogP contribution is -2.58. The highest BCUT2D eigenvalue weighted by atomic mass is 16.4. The maximum absolute atomic E-state index is 12.8. The summed E-state index contributed by atoms with van der Waals surface area (Å²) in [6, 6.07) is -5.45. The largest absolute Gasteiger partial charge is 0.481 e. The number of carboxylic acids is 2. The molecule has 0 fully saturated rings. The Morgan fingerprint density at radius 2 is 1.41 bits per heavy atom. The lowest BCUT2D eigenvalue weighted by atomic mass is 10.0. The molecule has 0 aromatic carbocycles. The van der Waals surface area contributed by atoms with E-state index in [2.05, 4.69) is 15.6 Å². The van der Waals surface area contributed by atoms with Crippen LogP contribution in [0.2, 0.25) is 0 Å². The maximum atomic E-state index is 12.8. The molecule has 0 heterocycles. The number of guanidine groups is 1. The molecule has 34 heavy (non-hydrogen) atoms. The number of carbonyl (C=O) groups excluding carboxylic acids is 3. The van der Waals surface area contributed by atoms with Gasteiger partial charge in [0.1, 0.15) is 18.1 Å². The summed E-state index contributed by atoms with van der Waals surface area (Å²) in [5.74, 6) is -5.70. The minimum absolute atomic E-state index is 0.0548. The molecule has 4 atom stereocenters. The highest BCUT2D eigenvalue weighted by Crippen LogP contribution is 2.05. The number of hydrogen-bond acceptors (Lipinski definition) is 8. The number of hydrogen-bond donors (Lipinski definition) is 9. The minimum atomic E-state index is -1.78. The van der Waals surface area contributed by atoms with Crippen LogP contribution in [0.3, 0.4) is 0 Å². The SMILES string of the molecule is CC(C)CC(N)C(=O)NC(CCCN=C(N)N)C(=O)NC(CO)C(=O)NC(CC(=O)O)C(=O)O. The van der Waals surface area contributed by atoms with Crippen molar-refractivity contribution in [1.82, 2.24) is 16.0 Å². The van der Waals surface area contributed by atoms with Crippen LogP contribution in [0.1, 0.15) is 39.5 Å². The number of nitrogens with one attached hydrogen (secondary N) is 3. The van der Waals surface area contributed by atoms with E-state index in [0.29, 0.717) is 6.42 Å². The molecule has 0 aliphatic carbocycles. The predicted molar refractivity (Wildman–Crippen MR) is 120 cm³/mol. The third kappa shape index (κ3) is 12.5. The summed E-state index contributed by atoms with van der Waals surface area (Å²) in [5.41, 5.74) is 16.4. The molecule has 0 aromatic rings. The highest BCUT2D eigenvalue weighted by molar-refractivity contribution is 5.94. The topological polar surface area (TPSA) is 273 Å². The van der Waals surface area contributed by atoms with E-state index in [9.17, 15) is 29.1 Å². The summed E-state index contributed by atoms with van der Waals surface area (Å²) in [6.45, 7) is 2.97. The van der Waals surface area contributed by atoms with E-state index in [4.69, 9.17) is 27.4 Å². The van der Waals surface area contributed by atoms with E-state index in [1.165, 1.54) is 0 Å². The zero-order valence-electron chi connectivity index (χ0n) is 19.2. The number of aliphatic imine (C=N–C) groups is 1. The molecule has 0 bridgehead atoms. The fraction of sp³-hybridized carbons (Fsp3) is 0.684. The van der Waals surface area contributed by atoms with Crippen LogP contribution in [0, 0.1) is 5.92 Å². The van der Waals surface area contributed by atoms with Gasteiger partial charge in [-0.15, -0.1) is 0 Å². The summed E-state index contributed by atoms with van der Waals surface area (Å²) >= 11 is 0. The molecule has 12 N–H and O–H groups in total. The van der Waals surface area contributed by atoms with Crippen molar-refractivity contribution in [1.29, 1.82) is 0 Å². The van der Waals surface area contributed by atoms with Gasteiger partial charge < -0.3 is 48.5 Å². The molecule has 15 heteroatoms. The molecular formula is C19H35N7O8. The van der Waals surface area contributed by atoms with Gasteiger partial charge in [0.15, 0.2) is 5.96 Å². The smallest absolute Gasteiger partial charge is 0.326 e. The molecule has 0 rings (SSSR count). The first-order valence-electron chi connectivity index (χ1n) is 10.6. The lowest BCUT2D eigenvalue weighted by molar-refractivity contribution is -0.147. The summed E-state index contributed by atoms with van der Waals surface area (Å²) in [5, 5.41) is 34.0. The summed E-state index contributed by atoms with van der Waals surface area (Å²) in [4.78, 5) is 63.2. The van der Waals surface area contributed by atoms with Gasteiger partial charge in [-0.25, -0.2) is 4.79 Å². The molecule has 0 aliphatic rings. The average Bonchev–Trinajstić information content (AvgIpc) is 2.71. The number of aliphatic hydroxyl groups is 1. The zero-order valence-corrected chi connectivity index (χ0v) is 19.2. The van der Waals surface area contributed by atoms with E-state index >= 15 is 0 Å². The minimum Gasteiger partial charge on any atom is -0.481 e. The molecule has 0 saturated heterocycles. The maximum Gasteiger partial charge on any atom is 0.326 e. The predicted octanol–water partition coefficient (Wildman–Crippen LogP) is -3.58. The van der Waals surface area contributed by atoms with Crippen molar-refractivity contribution in [3.05, 3.63) is 0 Å². The molecule has 3 amide bonds. The van der Waals surface area contributed by atoms with E-state index in [-0.39, 0.29) is 31.3 Å². The Balaban J connectivity index is 5.37. The van der Waals surface area contributed by atoms with Gasteiger partial charge in [0.05, 0.1) is 19.1 Å². The monoisotopic (exact) mass is 489 g/mol. The second kappa shape index (κ2) is 15.4. The lowest BCUT2D eigenvalue weighted by Gasteiger charge is -2.24. The second-order valence-corrected chi connectivity index (χ2v) is 7.99. The second-order valence-electron chi connectivity index (χ2n) is 7.99. The van der Waals surface area contributed by atoms with Crippen LogP contribution in [-0.2, 0) is 24.0 Å². The van der Waals surface area contributed by atoms with Gasteiger partial charge in [0, 0.05) is 6.54 Å². The number of carboxylic acid groups (broad SMARTS) is 2. The highest BCUT2D eigenvalue weighted by Gasteiger charge is 2.30. The molecule has 4 unspecified atom stereocenters. The fourth-order valence-corrected chi connectivity index (χ4v) is 2.78.